The minimum Gasteiger partial charge on any atom is -0.439 e. The van der Waals surface area contributed by atoms with Crippen LogP contribution in [-0.4, -0.2) is 32.3 Å². The van der Waals surface area contributed by atoms with Gasteiger partial charge < -0.3 is 9.64 Å². The Bertz CT molecular complexity index is 1090. The van der Waals surface area contributed by atoms with E-state index in [4.69, 9.17) is 9.72 Å². The molecular weight excluding hydrogens is 383 g/mol. The highest BCUT2D eigenvalue weighted by atomic mass is 19.1. The number of amides is 1. The van der Waals surface area contributed by atoms with Gasteiger partial charge in [0.1, 0.15) is 11.6 Å². The number of nitrogens with zero attached hydrogens (tertiary/aromatic N) is 4. The third-order valence-electron chi connectivity index (χ3n) is 5.73. The van der Waals surface area contributed by atoms with Crippen LogP contribution in [0, 0.1) is 17.7 Å². The van der Waals surface area contributed by atoms with E-state index in [9.17, 15) is 9.18 Å². The van der Waals surface area contributed by atoms with E-state index < -0.39 is 0 Å². The van der Waals surface area contributed by atoms with Crippen molar-refractivity contribution in [1.82, 2.24) is 19.9 Å². The summed E-state index contributed by atoms with van der Waals surface area (Å²) in [5.74, 6) is 1.88. The third kappa shape index (κ3) is 3.63. The summed E-state index contributed by atoms with van der Waals surface area (Å²) in [6, 6.07) is 9.50. The number of carbonyl (C=O) groups is 1. The fourth-order valence-corrected chi connectivity index (χ4v) is 3.80. The Morgan fingerprint density at radius 3 is 2.57 bits per heavy atom. The summed E-state index contributed by atoms with van der Waals surface area (Å²) < 4.78 is 19.4. The first-order chi connectivity index (χ1) is 14.6. The summed E-state index contributed by atoms with van der Waals surface area (Å²) in [4.78, 5) is 28.1. The van der Waals surface area contributed by atoms with E-state index in [1.165, 1.54) is 12.1 Å². The first-order valence-corrected chi connectivity index (χ1v) is 10.1. The molecule has 0 N–H and O–H groups in total. The Hall–Kier alpha value is -3.35. The SMILES string of the molecule is C[C@@H]1C[C@@H]1C(=O)N1CCc2nc(-c3ccncc3)nc(Oc3ccc(F)cc3)c2C1. The van der Waals surface area contributed by atoms with Crippen LogP contribution in [0.4, 0.5) is 4.39 Å². The molecule has 2 aromatic heterocycles. The fourth-order valence-electron chi connectivity index (χ4n) is 3.80. The number of carbonyl (C=O) groups excluding carboxylic acids is 1. The van der Waals surface area contributed by atoms with E-state index in [0.717, 1.165) is 23.2 Å². The summed E-state index contributed by atoms with van der Waals surface area (Å²) >= 11 is 0. The fraction of sp³-hybridized carbons (Fsp3) is 0.304. The van der Waals surface area contributed by atoms with Gasteiger partial charge in [-0.15, -0.1) is 0 Å². The second-order valence-electron chi connectivity index (χ2n) is 7.90. The maximum Gasteiger partial charge on any atom is 0.228 e. The molecule has 0 saturated heterocycles. The van der Waals surface area contributed by atoms with Crippen LogP contribution in [0.2, 0.25) is 0 Å². The second kappa shape index (κ2) is 7.48. The van der Waals surface area contributed by atoms with Crippen LogP contribution in [0.3, 0.4) is 0 Å². The van der Waals surface area contributed by atoms with Crippen molar-refractivity contribution in [2.75, 3.05) is 6.54 Å². The van der Waals surface area contributed by atoms with E-state index in [0.29, 0.717) is 42.9 Å². The normalized spacial score (nSPS) is 19.9. The molecule has 0 unspecified atom stereocenters. The molecule has 2 aliphatic rings. The molecule has 3 aromatic rings. The predicted octanol–water partition coefficient (Wildman–Crippen LogP) is 4.01. The molecule has 1 saturated carbocycles. The van der Waals surface area contributed by atoms with Crippen LogP contribution in [0.1, 0.15) is 24.6 Å². The number of rotatable bonds is 4. The molecule has 0 spiro atoms. The van der Waals surface area contributed by atoms with Crippen LogP contribution in [-0.2, 0) is 17.8 Å². The lowest BCUT2D eigenvalue weighted by Crippen LogP contribution is -2.38. The molecule has 7 heteroatoms. The van der Waals surface area contributed by atoms with Gasteiger partial charge >= 0.3 is 0 Å². The molecule has 6 nitrogen and oxygen atoms in total. The van der Waals surface area contributed by atoms with Crippen LogP contribution in [0.5, 0.6) is 11.6 Å². The monoisotopic (exact) mass is 404 g/mol. The van der Waals surface area contributed by atoms with Gasteiger partial charge in [-0.25, -0.2) is 9.37 Å². The molecule has 2 atom stereocenters. The Balaban J connectivity index is 1.52. The van der Waals surface area contributed by atoms with Crippen molar-refractivity contribution >= 4 is 5.91 Å². The summed E-state index contributed by atoms with van der Waals surface area (Å²) in [5.41, 5.74) is 2.52. The number of aromatic nitrogens is 3. The number of halogens is 1. The van der Waals surface area contributed by atoms with E-state index in [-0.39, 0.29) is 17.6 Å². The Labute approximate surface area is 173 Å². The van der Waals surface area contributed by atoms with E-state index in [1.54, 1.807) is 24.5 Å². The van der Waals surface area contributed by atoms with Gasteiger partial charge in [-0.2, -0.15) is 4.98 Å². The summed E-state index contributed by atoms with van der Waals surface area (Å²) in [5, 5.41) is 0. The molecule has 1 aliphatic heterocycles. The molecule has 3 heterocycles. The molecule has 1 aromatic carbocycles. The lowest BCUT2D eigenvalue weighted by molar-refractivity contribution is -0.133. The van der Waals surface area contributed by atoms with Gasteiger partial charge in [-0.3, -0.25) is 9.78 Å². The maximum absolute atomic E-state index is 13.3. The summed E-state index contributed by atoms with van der Waals surface area (Å²) in [6.45, 7) is 3.16. The lowest BCUT2D eigenvalue weighted by atomic mass is 10.0. The minimum absolute atomic E-state index is 0.130. The van der Waals surface area contributed by atoms with Gasteiger partial charge in [0.2, 0.25) is 11.8 Å². The first kappa shape index (κ1) is 18.7. The van der Waals surface area contributed by atoms with Gasteiger partial charge in [-0.1, -0.05) is 6.92 Å². The Kier molecular flexibility index (Phi) is 4.65. The number of ether oxygens (including phenoxy) is 1. The van der Waals surface area contributed by atoms with E-state index >= 15 is 0 Å². The van der Waals surface area contributed by atoms with Crippen molar-refractivity contribution < 1.29 is 13.9 Å². The van der Waals surface area contributed by atoms with Gasteiger partial charge in [0.15, 0.2) is 5.82 Å². The average molecular weight is 404 g/mol. The van der Waals surface area contributed by atoms with Gasteiger partial charge in [-0.05, 0) is 48.7 Å². The maximum atomic E-state index is 13.3. The number of fused-ring (bicyclic) bond motifs is 1. The number of pyridine rings is 1. The van der Waals surface area contributed by atoms with Gasteiger partial charge in [0.05, 0.1) is 17.8 Å². The van der Waals surface area contributed by atoms with Crippen molar-refractivity contribution in [2.45, 2.75) is 26.3 Å². The quantitative estimate of drug-likeness (QED) is 0.657. The summed E-state index contributed by atoms with van der Waals surface area (Å²) in [7, 11) is 0. The predicted molar refractivity (Wildman–Crippen MR) is 108 cm³/mol. The van der Waals surface area contributed by atoms with Gasteiger partial charge in [0.25, 0.3) is 0 Å². The highest BCUT2D eigenvalue weighted by Crippen LogP contribution is 2.40. The minimum atomic E-state index is -0.333. The molecule has 1 aliphatic carbocycles. The number of hydrogen-bond donors (Lipinski definition) is 0. The zero-order valence-corrected chi connectivity index (χ0v) is 16.6. The van der Waals surface area contributed by atoms with Crippen LogP contribution in [0.25, 0.3) is 11.4 Å². The Morgan fingerprint density at radius 2 is 1.87 bits per heavy atom. The molecule has 152 valence electrons. The molecule has 5 rings (SSSR count). The van der Waals surface area contributed by atoms with Crippen LogP contribution >= 0.6 is 0 Å². The third-order valence-corrected chi connectivity index (χ3v) is 5.73. The smallest absolute Gasteiger partial charge is 0.228 e. The highest BCUT2D eigenvalue weighted by molar-refractivity contribution is 5.82. The highest BCUT2D eigenvalue weighted by Gasteiger charge is 2.42. The molecule has 30 heavy (non-hydrogen) atoms. The lowest BCUT2D eigenvalue weighted by Gasteiger charge is -2.29. The van der Waals surface area contributed by atoms with Crippen molar-refractivity contribution in [3.05, 3.63) is 65.9 Å². The van der Waals surface area contributed by atoms with E-state index in [2.05, 4.69) is 16.9 Å². The molecule has 0 radical (unpaired) electrons. The molecular formula is C23H21FN4O2. The largest absolute Gasteiger partial charge is 0.439 e. The topological polar surface area (TPSA) is 68.2 Å². The first-order valence-electron chi connectivity index (χ1n) is 10.1. The number of benzene rings is 1. The average Bonchev–Trinajstić information content (AvgIpc) is 3.51. The zero-order valence-electron chi connectivity index (χ0n) is 16.6. The summed E-state index contributed by atoms with van der Waals surface area (Å²) in [6.07, 6.45) is 4.98. The Morgan fingerprint density at radius 1 is 1.13 bits per heavy atom. The van der Waals surface area contributed by atoms with Crippen LogP contribution < -0.4 is 4.74 Å². The zero-order chi connectivity index (χ0) is 20.7. The van der Waals surface area contributed by atoms with Crippen molar-refractivity contribution in [1.29, 1.82) is 0 Å². The van der Waals surface area contributed by atoms with Crippen molar-refractivity contribution in [3.63, 3.8) is 0 Å². The van der Waals surface area contributed by atoms with Crippen molar-refractivity contribution in [2.24, 2.45) is 11.8 Å². The second-order valence-corrected chi connectivity index (χ2v) is 7.90. The molecule has 0 bridgehead atoms. The van der Waals surface area contributed by atoms with Crippen LogP contribution in [0.15, 0.2) is 48.8 Å². The van der Waals surface area contributed by atoms with Crippen molar-refractivity contribution in [3.8, 4) is 23.0 Å². The number of hydrogen-bond acceptors (Lipinski definition) is 5. The molecule has 1 amide bonds. The molecule has 1 fully saturated rings. The van der Waals surface area contributed by atoms with E-state index in [1.807, 2.05) is 17.0 Å². The standard InChI is InChI=1S/C23H21FN4O2/c1-14-12-18(14)23(29)28-11-8-20-19(13-28)22(30-17-4-2-16(24)3-5-17)27-21(26-20)15-6-9-25-10-7-15/h2-7,9-10,14,18H,8,11-13H2,1H3/t14-,18+/m1/s1. The van der Waals surface area contributed by atoms with Gasteiger partial charge in [0, 0.05) is 36.8 Å².